The molecule has 19 heavy (non-hydrogen) atoms. The molecule has 2 aromatic heterocycles. The molecular weight excluding hydrogens is 260 g/mol. The molecule has 0 saturated carbocycles. The van der Waals surface area contributed by atoms with E-state index >= 15 is 0 Å². The maximum absolute atomic E-state index is 11.8. The molecule has 1 aliphatic heterocycles. The molecule has 0 radical (unpaired) electrons. The van der Waals surface area contributed by atoms with Gasteiger partial charge in [0.2, 0.25) is 5.91 Å². The van der Waals surface area contributed by atoms with Crippen LogP contribution >= 0.6 is 11.3 Å². The Hall–Kier alpha value is -1.69. The fourth-order valence-corrected chi connectivity index (χ4v) is 3.08. The van der Waals surface area contributed by atoms with Crippen LogP contribution in [0.4, 0.5) is 5.82 Å². The summed E-state index contributed by atoms with van der Waals surface area (Å²) in [6.45, 7) is 6.40. The predicted molar refractivity (Wildman–Crippen MR) is 74.5 cm³/mol. The van der Waals surface area contributed by atoms with Gasteiger partial charge in [0.1, 0.15) is 0 Å². The van der Waals surface area contributed by atoms with Crippen LogP contribution in [0.1, 0.15) is 50.1 Å². The van der Waals surface area contributed by atoms with Gasteiger partial charge in [-0.05, 0) is 0 Å². The molecule has 5 nitrogen and oxygen atoms in total. The van der Waals surface area contributed by atoms with Gasteiger partial charge in [-0.25, -0.2) is 4.98 Å². The molecule has 1 aliphatic rings. The highest BCUT2D eigenvalue weighted by Gasteiger charge is 2.35. The summed E-state index contributed by atoms with van der Waals surface area (Å²) in [7, 11) is 0. The zero-order valence-corrected chi connectivity index (χ0v) is 12.0. The molecule has 1 amide bonds. The van der Waals surface area contributed by atoms with Crippen molar-refractivity contribution in [3.8, 4) is 0 Å². The average Bonchev–Trinajstić information content (AvgIpc) is 2.95. The molecule has 100 valence electrons. The van der Waals surface area contributed by atoms with Crippen LogP contribution < -0.4 is 5.32 Å². The lowest BCUT2D eigenvalue weighted by atomic mass is 9.81. The summed E-state index contributed by atoms with van der Waals surface area (Å²) in [6, 6.07) is 0. The lowest BCUT2D eigenvalue weighted by molar-refractivity contribution is -0.116. The van der Waals surface area contributed by atoms with Gasteiger partial charge in [-0.15, -0.1) is 11.3 Å². The Kier molecular flexibility index (Phi) is 2.70. The van der Waals surface area contributed by atoms with Crippen LogP contribution in [0.3, 0.4) is 0 Å². The van der Waals surface area contributed by atoms with E-state index in [0.717, 1.165) is 17.0 Å². The quantitative estimate of drug-likeness (QED) is 0.841. The van der Waals surface area contributed by atoms with Gasteiger partial charge in [0, 0.05) is 34.4 Å². The molecule has 0 aliphatic carbocycles. The molecule has 6 heteroatoms. The monoisotopic (exact) mass is 276 g/mol. The number of nitrogens with one attached hydrogen (secondary N) is 2. The SMILES string of the molecule is CC(C)(C)c1[nH]nc2c1C(c1cscn1)CC(=O)N2. The van der Waals surface area contributed by atoms with E-state index < -0.39 is 0 Å². The Morgan fingerprint density at radius 3 is 2.84 bits per heavy atom. The van der Waals surface area contributed by atoms with Crippen molar-refractivity contribution in [3.05, 3.63) is 27.8 Å². The average molecular weight is 276 g/mol. The van der Waals surface area contributed by atoms with Gasteiger partial charge in [-0.1, -0.05) is 20.8 Å². The van der Waals surface area contributed by atoms with Gasteiger partial charge in [0.05, 0.1) is 11.2 Å². The van der Waals surface area contributed by atoms with Crippen molar-refractivity contribution >= 4 is 23.1 Å². The number of carbonyl (C=O) groups is 1. The second kappa shape index (κ2) is 4.16. The van der Waals surface area contributed by atoms with Crippen LogP contribution in [-0.2, 0) is 10.2 Å². The number of nitrogens with zero attached hydrogens (tertiary/aromatic N) is 2. The first-order chi connectivity index (χ1) is 8.97. The third-order valence-electron chi connectivity index (χ3n) is 3.36. The highest BCUT2D eigenvalue weighted by molar-refractivity contribution is 7.07. The number of aromatic nitrogens is 3. The van der Waals surface area contributed by atoms with Crippen molar-refractivity contribution in [2.75, 3.05) is 5.32 Å². The summed E-state index contributed by atoms with van der Waals surface area (Å²) in [4.78, 5) is 16.2. The molecular formula is C13H16N4OS. The minimum absolute atomic E-state index is 0.00235. The van der Waals surface area contributed by atoms with Gasteiger partial charge >= 0.3 is 0 Å². The first-order valence-electron chi connectivity index (χ1n) is 6.23. The zero-order chi connectivity index (χ0) is 13.6. The van der Waals surface area contributed by atoms with Crippen LogP contribution in [0.15, 0.2) is 10.9 Å². The van der Waals surface area contributed by atoms with E-state index in [4.69, 9.17) is 0 Å². The number of rotatable bonds is 1. The van der Waals surface area contributed by atoms with Crippen molar-refractivity contribution in [2.24, 2.45) is 0 Å². The number of anilines is 1. The third-order valence-corrected chi connectivity index (χ3v) is 3.96. The molecule has 0 saturated heterocycles. The summed E-state index contributed by atoms with van der Waals surface area (Å²) >= 11 is 1.55. The number of aromatic amines is 1. The summed E-state index contributed by atoms with van der Waals surface area (Å²) in [5.41, 5.74) is 4.86. The molecule has 0 aromatic carbocycles. The largest absolute Gasteiger partial charge is 0.309 e. The van der Waals surface area contributed by atoms with Crippen molar-refractivity contribution < 1.29 is 4.79 Å². The Balaban J connectivity index is 2.16. The number of amides is 1. The highest BCUT2D eigenvalue weighted by Crippen LogP contribution is 2.41. The van der Waals surface area contributed by atoms with Crippen LogP contribution in [-0.4, -0.2) is 21.1 Å². The fourth-order valence-electron chi connectivity index (χ4n) is 2.47. The van der Waals surface area contributed by atoms with E-state index in [9.17, 15) is 4.79 Å². The molecule has 0 spiro atoms. The minimum atomic E-state index is -0.0447. The van der Waals surface area contributed by atoms with Crippen LogP contribution in [0.25, 0.3) is 0 Å². The van der Waals surface area contributed by atoms with Crippen LogP contribution in [0.2, 0.25) is 0 Å². The number of H-pyrrole nitrogens is 1. The number of hydrogen-bond acceptors (Lipinski definition) is 4. The van der Waals surface area contributed by atoms with Crippen LogP contribution in [0, 0.1) is 0 Å². The summed E-state index contributed by atoms with van der Waals surface area (Å²) in [5.74, 6) is 0.652. The van der Waals surface area contributed by atoms with E-state index in [1.54, 1.807) is 16.8 Å². The summed E-state index contributed by atoms with van der Waals surface area (Å²) in [5, 5.41) is 12.2. The topological polar surface area (TPSA) is 70.7 Å². The molecule has 3 rings (SSSR count). The lowest BCUT2D eigenvalue weighted by Crippen LogP contribution is -2.25. The van der Waals surface area contributed by atoms with E-state index in [0.29, 0.717) is 12.2 Å². The van der Waals surface area contributed by atoms with E-state index in [1.807, 2.05) is 5.38 Å². The van der Waals surface area contributed by atoms with Crippen LogP contribution in [0.5, 0.6) is 0 Å². The van der Waals surface area contributed by atoms with E-state index in [1.165, 1.54) is 0 Å². The van der Waals surface area contributed by atoms with E-state index in [-0.39, 0.29) is 17.2 Å². The van der Waals surface area contributed by atoms with Crippen molar-refractivity contribution in [2.45, 2.75) is 38.5 Å². The van der Waals surface area contributed by atoms with Gasteiger partial charge in [0.25, 0.3) is 0 Å². The second-order valence-corrected chi connectivity index (χ2v) is 6.55. The zero-order valence-electron chi connectivity index (χ0n) is 11.2. The second-order valence-electron chi connectivity index (χ2n) is 5.83. The van der Waals surface area contributed by atoms with E-state index in [2.05, 4.69) is 41.3 Å². The normalized spacial score (nSPS) is 19.1. The molecule has 3 heterocycles. The fraction of sp³-hybridized carbons (Fsp3) is 0.462. The first-order valence-corrected chi connectivity index (χ1v) is 7.18. The Morgan fingerprint density at radius 2 is 2.21 bits per heavy atom. The lowest BCUT2D eigenvalue weighted by Gasteiger charge is -2.26. The third kappa shape index (κ3) is 2.06. The number of thiazole rings is 1. The van der Waals surface area contributed by atoms with Crippen molar-refractivity contribution in [1.29, 1.82) is 0 Å². The Labute approximate surface area is 115 Å². The summed E-state index contributed by atoms with van der Waals surface area (Å²) < 4.78 is 0. The molecule has 0 bridgehead atoms. The molecule has 2 N–H and O–H groups in total. The van der Waals surface area contributed by atoms with Gasteiger partial charge in [-0.3, -0.25) is 9.89 Å². The smallest absolute Gasteiger partial charge is 0.226 e. The van der Waals surface area contributed by atoms with Crippen molar-refractivity contribution in [3.63, 3.8) is 0 Å². The van der Waals surface area contributed by atoms with Gasteiger partial charge in [0.15, 0.2) is 5.82 Å². The van der Waals surface area contributed by atoms with Gasteiger partial charge < -0.3 is 5.32 Å². The number of hydrogen-bond donors (Lipinski definition) is 2. The summed E-state index contributed by atoms with van der Waals surface area (Å²) in [6.07, 6.45) is 0.430. The number of fused-ring (bicyclic) bond motifs is 1. The Bertz CT molecular complexity index is 609. The highest BCUT2D eigenvalue weighted by atomic mass is 32.1. The minimum Gasteiger partial charge on any atom is -0.309 e. The van der Waals surface area contributed by atoms with Crippen molar-refractivity contribution in [1.82, 2.24) is 15.2 Å². The molecule has 1 atom stereocenters. The Morgan fingerprint density at radius 1 is 1.42 bits per heavy atom. The maximum Gasteiger partial charge on any atom is 0.226 e. The maximum atomic E-state index is 11.8. The van der Waals surface area contributed by atoms with Gasteiger partial charge in [-0.2, -0.15) is 5.10 Å². The molecule has 2 aromatic rings. The standard InChI is InChI=1S/C13H16N4OS/c1-13(2,3)11-10-7(8-5-19-6-14-8)4-9(18)15-12(10)17-16-11/h5-7H,4H2,1-3H3,(H2,15,16,17,18). The predicted octanol–water partition coefficient (Wildman–Crippen LogP) is 2.64. The molecule has 0 fully saturated rings. The molecule has 1 unspecified atom stereocenters. The first kappa shape index (κ1) is 12.3. The number of carbonyl (C=O) groups excluding carboxylic acids is 1.